The minimum Gasteiger partial charge on any atom is -0.494 e. The molecule has 3 rings (SSSR count). The molecule has 31 heavy (non-hydrogen) atoms. The maximum absolute atomic E-state index is 13.2. The number of nitrogens with one attached hydrogen (secondary N) is 3. The van der Waals surface area contributed by atoms with Gasteiger partial charge in [0.2, 0.25) is 5.91 Å². The molecule has 0 aliphatic rings. The number of ether oxygens (including phenoxy) is 1. The third-order valence-electron chi connectivity index (χ3n) is 4.23. The fourth-order valence-electron chi connectivity index (χ4n) is 2.70. The fourth-order valence-corrected chi connectivity index (χ4v) is 2.70. The molecule has 3 N–H and O–H groups in total. The average Bonchev–Trinajstić information content (AvgIpc) is 2.76. The van der Waals surface area contributed by atoms with Gasteiger partial charge >= 0.3 is 0 Å². The molecular formula is C23H21F2N3O3. The molecule has 8 heteroatoms. The Morgan fingerprint density at radius 3 is 2.06 bits per heavy atom. The molecule has 0 bridgehead atoms. The highest BCUT2D eigenvalue weighted by atomic mass is 19.2. The van der Waals surface area contributed by atoms with Gasteiger partial charge in [0, 0.05) is 28.7 Å². The van der Waals surface area contributed by atoms with Gasteiger partial charge in [-0.3, -0.25) is 9.59 Å². The summed E-state index contributed by atoms with van der Waals surface area (Å²) in [6.45, 7) is 2.32. The van der Waals surface area contributed by atoms with Crippen molar-refractivity contribution < 1.29 is 23.1 Å². The minimum absolute atomic E-state index is 0.134. The van der Waals surface area contributed by atoms with E-state index in [4.69, 9.17) is 4.74 Å². The predicted octanol–water partition coefficient (Wildman–Crippen LogP) is 4.67. The molecule has 2 amide bonds. The molecule has 0 spiro atoms. The van der Waals surface area contributed by atoms with Gasteiger partial charge in [-0.15, -0.1) is 0 Å². The molecule has 6 nitrogen and oxygen atoms in total. The Bertz CT molecular complexity index is 1050. The number of halogens is 2. The second-order valence-corrected chi connectivity index (χ2v) is 6.52. The summed E-state index contributed by atoms with van der Waals surface area (Å²) in [7, 11) is 0. The average molecular weight is 425 g/mol. The zero-order valence-electron chi connectivity index (χ0n) is 16.7. The molecule has 0 atom stereocenters. The largest absolute Gasteiger partial charge is 0.494 e. The van der Waals surface area contributed by atoms with Crippen LogP contribution in [0.5, 0.6) is 5.75 Å². The van der Waals surface area contributed by atoms with Crippen LogP contribution in [0, 0.1) is 11.6 Å². The van der Waals surface area contributed by atoms with E-state index in [0.29, 0.717) is 23.5 Å². The van der Waals surface area contributed by atoms with Gasteiger partial charge in [0.15, 0.2) is 11.6 Å². The molecule has 0 radical (unpaired) electrons. The fraction of sp³-hybridized carbons (Fsp3) is 0.130. The van der Waals surface area contributed by atoms with Crippen molar-refractivity contribution >= 4 is 28.9 Å². The SMILES string of the molecule is CCOc1ccc(NC(=O)c2ccc(NC(=O)CNc3ccc(F)c(F)c3)cc2)cc1. The zero-order chi connectivity index (χ0) is 22.2. The Morgan fingerprint density at radius 1 is 0.806 bits per heavy atom. The van der Waals surface area contributed by atoms with Gasteiger partial charge in [0.1, 0.15) is 5.75 Å². The van der Waals surface area contributed by atoms with E-state index < -0.39 is 11.6 Å². The van der Waals surface area contributed by atoms with Crippen molar-refractivity contribution in [2.75, 3.05) is 29.1 Å². The maximum atomic E-state index is 13.2. The zero-order valence-corrected chi connectivity index (χ0v) is 16.7. The van der Waals surface area contributed by atoms with Crippen molar-refractivity contribution in [3.8, 4) is 5.75 Å². The van der Waals surface area contributed by atoms with E-state index in [0.717, 1.165) is 17.9 Å². The van der Waals surface area contributed by atoms with Crippen molar-refractivity contribution in [1.29, 1.82) is 0 Å². The summed E-state index contributed by atoms with van der Waals surface area (Å²) in [5.41, 5.74) is 1.84. The normalized spacial score (nSPS) is 10.3. The van der Waals surface area contributed by atoms with Crippen molar-refractivity contribution in [2.24, 2.45) is 0 Å². The monoisotopic (exact) mass is 425 g/mol. The lowest BCUT2D eigenvalue weighted by Gasteiger charge is -2.10. The van der Waals surface area contributed by atoms with E-state index in [1.807, 2.05) is 6.92 Å². The van der Waals surface area contributed by atoms with Gasteiger partial charge in [-0.25, -0.2) is 8.78 Å². The van der Waals surface area contributed by atoms with Crippen molar-refractivity contribution in [3.05, 3.63) is 83.9 Å². The molecular weight excluding hydrogens is 404 g/mol. The number of carbonyl (C=O) groups is 2. The van der Waals surface area contributed by atoms with E-state index in [9.17, 15) is 18.4 Å². The minimum atomic E-state index is -0.996. The maximum Gasteiger partial charge on any atom is 0.255 e. The Hall–Kier alpha value is -3.94. The van der Waals surface area contributed by atoms with E-state index in [-0.39, 0.29) is 24.0 Å². The van der Waals surface area contributed by atoms with Crippen molar-refractivity contribution in [2.45, 2.75) is 6.92 Å². The van der Waals surface area contributed by atoms with Crippen LogP contribution < -0.4 is 20.7 Å². The topological polar surface area (TPSA) is 79.5 Å². The Balaban J connectivity index is 1.51. The van der Waals surface area contributed by atoms with Crippen LogP contribution in [0.1, 0.15) is 17.3 Å². The van der Waals surface area contributed by atoms with Crippen LogP contribution in [0.25, 0.3) is 0 Å². The third-order valence-corrected chi connectivity index (χ3v) is 4.23. The number of hydrogen-bond donors (Lipinski definition) is 3. The summed E-state index contributed by atoms with van der Waals surface area (Å²) in [5.74, 6) is -1.90. The highest BCUT2D eigenvalue weighted by Crippen LogP contribution is 2.17. The lowest BCUT2D eigenvalue weighted by molar-refractivity contribution is -0.114. The second-order valence-electron chi connectivity index (χ2n) is 6.52. The Morgan fingerprint density at radius 2 is 1.42 bits per heavy atom. The van der Waals surface area contributed by atoms with Crippen LogP contribution in [0.4, 0.5) is 25.8 Å². The summed E-state index contributed by atoms with van der Waals surface area (Å²) in [6.07, 6.45) is 0. The van der Waals surface area contributed by atoms with Crippen LogP contribution >= 0.6 is 0 Å². The smallest absolute Gasteiger partial charge is 0.255 e. The number of benzene rings is 3. The van der Waals surface area contributed by atoms with Gasteiger partial charge in [0.05, 0.1) is 13.2 Å². The molecule has 160 valence electrons. The van der Waals surface area contributed by atoms with E-state index >= 15 is 0 Å². The summed E-state index contributed by atoms with van der Waals surface area (Å²) >= 11 is 0. The number of hydrogen-bond acceptors (Lipinski definition) is 4. The molecule has 0 saturated carbocycles. The molecule has 0 aliphatic carbocycles. The van der Waals surface area contributed by atoms with E-state index in [1.54, 1.807) is 48.5 Å². The van der Waals surface area contributed by atoms with E-state index in [1.165, 1.54) is 6.07 Å². The second kappa shape index (κ2) is 10.2. The molecule has 0 fully saturated rings. The molecule has 3 aromatic carbocycles. The van der Waals surface area contributed by atoms with Crippen LogP contribution in [0.3, 0.4) is 0 Å². The molecule has 0 saturated heterocycles. The van der Waals surface area contributed by atoms with Crippen LogP contribution in [0.15, 0.2) is 66.7 Å². The standard InChI is InChI=1S/C23H21F2N3O3/c1-2-31-19-10-7-17(8-11-19)28-23(30)15-3-5-16(6-4-15)27-22(29)14-26-18-9-12-20(24)21(25)13-18/h3-13,26H,2,14H2,1H3,(H,27,29)(H,28,30). The predicted molar refractivity (Wildman–Crippen MR) is 115 cm³/mol. The lowest BCUT2D eigenvalue weighted by atomic mass is 10.2. The molecule has 0 aromatic heterocycles. The quantitative estimate of drug-likeness (QED) is 0.490. The number of amides is 2. The molecule has 0 heterocycles. The molecule has 3 aromatic rings. The number of rotatable bonds is 8. The summed E-state index contributed by atoms with van der Waals surface area (Å²) in [4.78, 5) is 24.4. The van der Waals surface area contributed by atoms with Crippen LogP contribution in [0.2, 0.25) is 0 Å². The highest BCUT2D eigenvalue weighted by Gasteiger charge is 2.08. The summed E-state index contributed by atoms with van der Waals surface area (Å²) in [5, 5.41) is 8.15. The Kier molecular flexibility index (Phi) is 7.16. The van der Waals surface area contributed by atoms with Gasteiger partial charge in [0.25, 0.3) is 5.91 Å². The van der Waals surface area contributed by atoms with Crippen molar-refractivity contribution in [3.63, 3.8) is 0 Å². The Labute approximate surface area is 178 Å². The number of anilines is 3. The van der Waals surface area contributed by atoms with E-state index in [2.05, 4.69) is 16.0 Å². The lowest BCUT2D eigenvalue weighted by Crippen LogP contribution is -2.22. The highest BCUT2D eigenvalue weighted by molar-refractivity contribution is 6.04. The molecule has 0 aliphatic heterocycles. The van der Waals surface area contributed by atoms with Crippen LogP contribution in [-0.2, 0) is 4.79 Å². The summed E-state index contributed by atoms with van der Waals surface area (Å²) < 4.78 is 31.5. The van der Waals surface area contributed by atoms with Gasteiger partial charge in [-0.05, 0) is 67.6 Å². The first kappa shape index (κ1) is 21.8. The van der Waals surface area contributed by atoms with Gasteiger partial charge in [-0.1, -0.05) is 0 Å². The van der Waals surface area contributed by atoms with Crippen molar-refractivity contribution in [1.82, 2.24) is 0 Å². The van der Waals surface area contributed by atoms with Gasteiger partial charge in [-0.2, -0.15) is 0 Å². The molecule has 0 unspecified atom stereocenters. The van der Waals surface area contributed by atoms with Crippen LogP contribution in [-0.4, -0.2) is 25.0 Å². The first-order valence-corrected chi connectivity index (χ1v) is 9.57. The van der Waals surface area contributed by atoms with Gasteiger partial charge < -0.3 is 20.7 Å². The number of carbonyl (C=O) groups excluding carboxylic acids is 2. The summed E-state index contributed by atoms with van der Waals surface area (Å²) in [6, 6.07) is 16.7. The first-order chi connectivity index (χ1) is 14.9. The third kappa shape index (κ3) is 6.27. The first-order valence-electron chi connectivity index (χ1n) is 9.57.